The third-order valence-electron chi connectivity index (χ3n) is 3.38. The van der Waals surface area contributed by atoms with Gasteiger partial charge in [0.2, 0.25) is 0 Å². The van der Waals surface area contributed by atoms with Gasteiger partial charge in [-0.05, 0) is 18.2 Å². The van der Waals surface area contributed by atoms with Crippen LogP contribution in [0.2, 0.25) is 0 Å². The van der Waals surface area contributed by atoms with Gasteiger partial charge in [-0.25, -0.2) is 8.78 Å². The molecule has 2 nitrogen and oxygen atoms in total. The van der Waals surface area contributed by atoms with E-state index in [0.717, 1.165) is 11.6 Å². The fourth-order valence-electron chi connectivity index (χ4n) is 2.27. The molecule has 0 aromatic heterocycles. The predicted molar refractivity (Wildman–Crippen MR) is 77.2 cm³/mol. The molecule has 0 fully saturated rings. The smallest absolute Gasteiger partial charge is 0.131 e. The first kappa shape index (κ1) is 15.1. The number of nitriles is 1. The molecule has 4 heteroatoms. The van der Waals surface area contributed by atoms with Crippen molar-refractivity contribution in [1.29, 1.82) is 5.26 Å². The molecule has 0 saturated heterocycles. The number of hydrogen-bond acceptors (Lipinski definition) is 2. The Hall–Kier alpha value is -2.25. The highest BCUT2D eigenvalue weighted by Crippen LogP contribution is 2.25. The van der Waals surface area contributed by atoms with E-state index in [1.165, 1.54) is 12.1 Å². The first-order valence-corrected chi connectivity index (χ1v) is 6.78. The Balaban J connectivity index is 2.28. The summed E-state index contributed by atoms with van der Waals surface area (Å²) in [5.41, 5.74) is 1.25. The van der Waals surface area contributed by atoms with Gasteiger partial charge < -0.3 is 0 Å². The zero-order valence-corrected chi connectivity index (χ0v) is 11.8. The standard InChI is InChI=1S/C17H16F2N2/c1-2-21(12-13-6-4-3-5-7-13)17(11-20)15-9-8-14(18)10-16(15)19/h3-10,17H,2,12H2,1H3. The normalized spacial score (nSPS) is 12.1. The zero-order chi connectivity index (χ0) is 15.2. The van der Waals surface area contributed by atoms with E-state index in [1.807, 2.05) is 42.2 Å². The van der Waals surface area contributed by atoms with Crippen molar-refractivity contribution in [2.45, 2.75) is 19.5 Å². The third-order valence-corrected chi connectivity index (χ3v) is 3.38. The van der Waals surface area contributed by atoms with E-state index in [1.54, 1.807) is 0 Å². The molecule has 0 saturated carbocycles. The van der Waals surface area contributed by atoms with Crippen molar-refractivity contribution < 1.29 is 8.78 Å². The van der Waals surface area contributed by atoms with Gasteiger partial charge in [-0.3, -0.25) is 4.90 Å². The van der Waals surface area contributed by atoms with Crippen LogP contribution in [0.25, 0.3) is 0 Å². The predicted octanol–water partition coefficient (Wildman–Crippen LogP) is 4.05. The highest BCUT2D eigenvalue weighted by molar-refractivity contribution is 5.27. The molecule has 0 aliphatic heterocycles. The van der Waals surface area contributed by atoms with E-state index >= 15 is 0 Å². The van der Waals surface area contributed by atoms with E-state index in [4.69, 9.17) is 0 Å². The molecule has 21 heavy (non-hydrogen) atoms. The SMILES string of the molecule is CCN(Cc1ccccc1)C(C#N)c1ccc(F)cc1F. The fourth-order valence-corrected chi connectivity index (χ4v) is 2.27. The summed E-state index contributed by atoms with van der Waals surface area (Å²) < 4.78 is 26.9. The lowest BCUT2D eigenvalue weighted by Gasteiger charge is -2.26. The molecule has 2 aromatic carbocycles. The Kier molecular flexibility index (Phi) is 5.02. The Morgan fingerprint density at radius 2 is 1.86 bits per heavy atom. The quantitative estimate of drug-likeness (QED) is 0.829. The Bertz CT molecular complexity index is 635. The van der Waals surface area contributed by atoms with E-state index in [9.17, 15) is 14.0 Å². The highest BCUT2D eigenvalue weighted by atomic mass is 19.1. The maximum absolute atomic E-state index is 13.9. The van der Waals surface area contributed by atoms with Crippen molar-refractivity contribution in [3.8, 4) is 6.07 Å². The van der Waals surface area contributed by atoms with Crippen LogP contribution in [0.5, 0.6) is 0 Å². The van der Waals surface area contributed by atoms with Gasteiger partial charge >= 0.3 is 0 Å². The summed E-state index contributed by atoms with van der Waals surface area (Å²) in [6.45, 7) is 3.03. The van der Waals surface area contributed by atoms with Crippen LogP contribution < -0.4 is 0 Å². The number of rotatable bonds is 5. The molecule has 0 N–H and O–H groups in total. The maximum atomic E-state index is 13.9. The molecule has 0 aliphatic rings. The van der Waals surface area contributed by atoms with Gasteiger partial charge in [0.1, 0.15) is 17.7 Å². The van der Waals surface area contributed by atoms with Gasteiger partial charge in [-0.2, -0.15) is 5.26 Å². The molecular weight excluding hydrogens is 270 g/mol. The van der Waals surface area contributed by atoms with Crippen LogP contribution in [-0.4, -0.2) is 11.4 Å². The summed E-state index contributed by atoms with van der Waals surface area (Å²) in [5.74, 6) is -1.33. The van der Waals surface area contributed by atoms with Gasteiger partial charge in [-0.1, -0.05) is 43.3 Å². The van der Waals surface area contributed by atoms with E-state index in [-0.39, 0.29) is 5.56 Å². The molecule has 1 unspecified atom stereocenters. The number of nitrogens with zero attached hydrogens (tertiary/aromatic N) is 2. The van der Waals surface area contributed by atoms with Crippen LogP contribution in [0, 0.1) is 23.0 Å². The van der Waals surface area contributed by atoms with E-state index < -0.39 is 17.7 Å². The summed E-state index contributed by atoms with van der Waals surface area (Å²) in [5, 5.41) is 9.40. The summed E-state index contributed by atoms with van der Waals surface area (Å²) in [7, 11) is 0. The minimum Gasteiger partial charge on any atom is -0.280 e. The van der Waals surface area contributed by atoms with Crippen molar-refractivity contribution >= 4 is 0 Å². The van der Waals surface area contributed by atoms with Crippen LogP contribution in [-0.2, 0) is 6.54 Å². The molecule has 0 heterocycles. The van der Waals surface area contributed by atoms with Gasteiger partial charge in [-0.15, -0.1) is 0 Å². The molecule has 0 aliphatic carbocycles. The molecule has 0 spiro atoms. The molecule has 2 aromatic rings. The minimum absolute atomic E-state index is 0.205. The molecule has 0 bridgehead atoms. The first-order valence-electron chi connectivity index (χ1n) is 6.78. The van der Waals surface area contributed by atoms with Crippen molar-refractivity contribution in [2.75, 3.05) is 6.54 Å². The van der Waals surface area contributed by atoms with Gasteiger partial charge in [0.15, 0.2) is 0 Å². The molecule has 2 rings (SSSR count). The summed E-state index contributed by atoms with van der Waals surface area (Å²) in [6, 6.07) is 14.4. The van der Waals surface area contributed by atoms with Crippen molar-refractivity contribution in [1.82, 2.24) is 4.90 Å². The van der Waals surface area contributed by atoms with Crippen LogP contribution in [0.3, 0.4) is 0 Å². The third kappa shape index (κ3) is 3.65. The molecular formula is C17H16F2N2. The lowest BCUT2D eigenvalue weighted by molar-refractivity contribution is 0.235. The first-order chi connectivity index (χ1) is 10.2. The average molecular weight is 286 g/mol. The lowest BCUT2D eigenvalue weighted by atomic mass is 10.0. The van der Waals surface area contributed by atoms with Crippen molar-refractivity contribution in [3.05, 3.63) is 71.3 Å². The zero-order valence-electron chi connectivity index (χ0n) is 11.8. The second kappa shape index (κ2) is 6.96. The van der Waals surface area contributed by atoms with Crippen LogP contribution in [0.4, 0.5) is 8.78 Å². The minimum atomic E-state index is -0.740. The lowest BCUT2D eigenvalue weighted by Crippen LogP contribution is -2.28. The number of hydrogen-bond donors (Lipinski definition) is 0. The summed E-state index contributed by atoms with van der Waals surface area (Å²) in [4.78, 5) is 1.85. The molecule has 0 amide bonds. The molecule has 108 valence electrons. The van der Waals surface area contributed by atoms with Crippen LogP contribution in [0.1, 0.15) is 24.1 Å². The monoisotopic (exact) mass is 286 g/mol. The van der Waals surface area contributed by atoms with Crippen molar-refractivity contribution in [3.63, 3.8) is 0 Å². The Labute approximate surface area is 123 Å². The van der Waals surface area contributed by atoms with E-state index in [0.29, 0.717) is 13.1 Å². The fraction of sp³-hybridized carbons (Fsp3) is 0.235. The van der Waals surface area contributed by atoms with Gasteiger partial charge in [0.05, 0.1) is 6.07 Å². The average Bonchev–Trinajstić information content (AvgIpc) is 2.49. The van der Waals surface area contributed by atoms with Crippen LogP contribution in [0.15, 0.2) is 48.5 Å². The number of halogens is 2. The Morgan fingerprint density at radius 3 is 2.43 bits per heavy atom. The topological polar surface area (TPSA) is 27.0 Å². The Morgan fingerprint density at radius 1 is 1.14 bits per heavy atom. The molecule has 1 atom stereocenters. The van der Waals surface area contributed by atoms with Gasteiger partial charge in [0, 0.05) is 18.2 Å². The maximum Gasteiger partial charge on any atom is 0.131 e. The van der Waals surface area contributed by atoms with Gasteiger partial charge in [0.25, 0.3) is 0 Å². The van der Waals surface area contributed by atoms with Crippen molar-refractivity contribution in [2.24, 2.45) is 0 Å². The second-order valence-electron chi connectivity index (χ2n) is 4.75. The molecule has 0 radical (unpaired) electrons. The summed E-state index contributed by atoms with van der Waals surface area (Å²) in [6.07, 6.45) is 0. The number of benzene rings is 2. The van der Waals surface area contributed by atoms with Crippen LogP contribution >= 0.6 is 0 Å². The highest BCUT2D eigenvalue weighted by Gasteiger charge is 2.22. The van der Waals surface area contributed by atoms with E-state index in [2.05, 4.69) is 6.07 Å². The largest absolute Gasteiger partial charge is 0.280 e. The summed E-state index contributed by atoms with van der Waals surface area (Å²) >= 11 is 0. The second-order valence-corrected chi connectivity index (χ2v) is 4.75.